The lowest BCUT2D eigenvalue weighted by Crippen LogP contribution is -2.26. The van der Waals surface area contributed by atoms with Crippen molar-refractivity contribution in [2.75, 3.05) is 0 Å². The molecular weight excluding hydrogens is 276 g/mol. The van der Waals surface area contributed by atoms with Gasteiger partial charge in [0, 0.05) is 23.3 Å². The summed E-state index contributed by atoms with van der Waals surface area (Å²) in [7, 11) is 0. The molecule has 1 aliphatic rings. The SMILES string of the molecule is CC(C)(C)c1csc(CC(N)C2CC2c2ccccc2)n1. The monoisotopic (exact) mass is 300 g/mol. The molecule has 3 unspecified atom stereocenters. The highest BCUT2D eigenvalue weighted by atomic mass is 32.1. The van der Waals surface area contributed by atoms with E-state index in [9.17, 15) is 0 Å². The highest BCUT2D eigenvalue weighted by molar-refractivity contribution is 7.09. The first kappa shape index (κ1) is 14.7. The average Bonchev–Trinajstić information content (AvgIpc) is 3.11. The maximum absolute atomic E-state index is 6.42. The molecule has 0 amide bonds. The number of hydrogen-bond acceptors (Lipinski definition) is 3. The Hall–Kier alpha value is -1.19. The minimum Gasteiger partial charge on any atom is -0.327 e. The summed E-state index contributed by atoms with van der Waals surface area (Å²) in [5.74, 6) is 1.28. The molecule has 2 N–H and O–H groups in total. The number of aromatic nitrogens is 1. The lowest BCUT2D eigenvalue weighted by Gasteiger charge is -2.14. The summed E-state index contributed by atoms with van der Waals surface area (Å²) in [6.07, 6.45) is 2.14. The van der Waals surface area contributed by atoms with Crippen LogP contribution in [0.2, 0.25) is 0 Å². The van der Waals surface area contributed by atoms with E-state index in [1.807, 2.05) is 0 Å². The van der Waals surface area contributed by atoms with Gasteiger partial charge in [-0.15, -0.1) is 11.3 Å². The van der Waals surface area contributed by atoms with Crippen molar-refractivity contribution < 1.29 is 0 Å². The summed E-state index contributed by atoms with van der Waals surface area (Å²) < 4.78 is 0. The van der Waals surface area contributed by atoms with E-state index in [0.29, 0.717) is 11.8 Å². The standard InChI is InChI=1S/C18H24N2S/c1-18(2,3)16-11-21-17(20-16)10-15(19)14-9-13(14)12-7-5-4-6-8-12/h4-8,11,13-15H,9-10,19H2,1-3H3. The lowest BCUT2D eigenvalue weighted by molar-refractivity contribution is 0.556. The van der Waals surface area contributed by atoms with Gasteiger partial charge >= 0.3 is 0 Å². The van der Waals surface area contributed by atoms with Gasteiger partial charge in [-0.05, 0) is 23.8 Å². The molecule has 0 radical (unpaired) electrons. The van der Waals surface area contributed by atoms with E-state index >= 15 is 0 Å². The maximum Gasteiger partial charge on any atom is 0.0944 e. The lowest BCUT2D eigenvalue weighted by atomic mass is 9.93. The normalized spacial score (nSPS) is 23.0. The van der Waals surface area contributed by atoms with Crippen molar-refractivity contribution in [3.05, 3.63) is 52.0 Å². The third kappa shape index (κ3) is 3.35. The molecule has 1 aromatic heterocycles. The topological polar surface area (TPSA) is 38.9 Å². The summed E-state index contributed by atoms with van der Waals surface area (Å²) in [5.41, 5.74) is 9.18. The van der Waals surface area contributed by atoms with Crippen LogP contribution in [-0.4, -0.2) is 11.0 Å². The predicted octanol–water partition coefficient (Wildman–Crippen LogP) is 4.11. The number of nitrogens with two attached hydrogens (primary N) is 1. The van der Waals surface area contributed by atoms with E-state index in [4.69, 9.17) is 10.7 Å². The van der Waals surface area contributed by atoms with Crippen LogP contribution in [0.3, 0.4) is 0 Å². The Labute approximate surface area is 131 Å². The second-order valence-corrected chi connectivity index (χ2v) is 8.10. The van der Waals surface area contributed by atoms with Gasteiger partial charge in [0.05, 0.1) is 10.7 Å². The first-order chi connectivity index (χ1) is 9.95. The van der Waals surface area contributed by atoms with Crippen molar-refractivity contribution in [3.63, 3.8) is 0 Å². The van der Waals surface area contributed by atoms with E-state index in [2.05, 4.69) is 56.5 Å². The van der Waals surface area contributed by atoms with Crippen LogP contribution in [0.4, 0.5) is 0 Å². The smallest absolute Gasteiger partial charge is 0.0944 e. The molecule has 1 saturated carbocycles. The molecule has 0 saturated heterocycles. The molecule has 2 aromatic rings. The van der Waals surface area contributed by atoms with Gasteiger partial charge in [-0.2, -0.15) is 0 Å². The third-order valence-electron chi connectivity index (χ3n) is 4.35. The Morgan fingerprint density at radius 1 is 1.29 bits per heavy atom. The molecule has 0 spiro atoms. The first-order valence-electron chi connectivity index (χ1n) is 7.70. The zero-order chi connectivity index (χ0) is 15.0. The van der Waals surface area contributed by atoms with Crippen molar-refractivity contribution in [3.8, 4) is 0 Å². The van der Waals surface area contributed by atoms with Crippen molar-refractivity contribution >= 4 is 11.3 Å². The van der Waals surface area contributed by atoms with Gasteiger partial charge in [0.1, 0.15) is 0 Å². The molecule has 112 valence electrons. The number of hydrogen-bond donors (Lipinski definition) is 1. The van der Waals surface area contributed by atoms with E-state index < -0.39 is 0 Å². The highest BCUT2D eigenvalue weighted by Crippen LogP contribution is 2.49. The van der Waals surface area contributed by atoms with Crippen molar-refractivity contribution in [2.45, 2.75) is 51.0 Å². The molecule has 3 rings (SSSR count). The van der Waals surface area contributed by atoms with Crippen LogP contribution >= 0.6 is 11.3 Å². The Bertz CT molecular complexity index is 597. The highest BCUT2D eigenvalue weighted by Gasteiger charge is 2.42. The Morgan fingerprint density at radius 2 is 2.00 bits per heavy atom. The van der Waals surface area contributed by atoms with Gasteiger partial charge in [0.25, 0.3) is 0 Å². The molecular formula is C18H24N2S. The fraction of sp³-hybridized carbons (Fsp3) is 0.500. The fourth-order valence-electron chi connectivity index (χ4n) is 2.87. The van der Waals surface area contributed by atoms with Crippen LogP contribution in [0.5, 0.6) is 0 Å². The van der Waals surface area contributed by atoms with Gasteiger partial charge in [0.2, 0.25) is 0 Å². The first-order valence-corrected chi connectivity index (χ1v) is 8.58. The average molecular weight is 300 g/mol. The third-order valence-corrected chi connectivity index (χ3v) is 5.22. The predicted molar refractivity (Wildman–Crippen MR) is 89.8 cm³/mol. The fourth-order valence-corrected chi connectivity index (χ4v) is 3.97. The summed E-state index contributed by atoms with van der Waals surface area (Å²) >= 11 is 1.76. The zero-order valence-electron chi connectivity index (χ0n) is 13.0. The van der Waals surface area contributed by atoms with Crippen LogP contribution in [-0.2, 0) is 11.8 Å². The zero-order valence-corrected chi connectivity index (χ0v) is 13.9. The molecule has 1 aromatic carbocycles. The summed E-state index contributed by atoms with van der Waals surface area (Å²) in [6, 6.07) is 11.0. The quantitative estimate of drug-likeness (QED) is 0.922. The van der Waals surface area contributed by atoms with Crippen LogP contribution in [0.15, 0.2) is 35.7 Å². The Morgan fingerprint density at radius 3 is 2.62 bits per heavy atom. The van der Waals surface area contributed by atoms with E-state index in [-0.39, 0.29) is 11.5 Å². The second kappa shape index (κ2) is 5.54. The molecule has 1 heterocycles. The number of benzene rings is 1. The summed E-state index contributed by atoms with van der Waals surface area (Å²) in [4.78, 5) is 4.77. The molecule has 2 nitrogen and oxygen atoms in total. The maximum atomic E-state index is 6.42. The van der Waals surface area contributed by atoms with E-state index in [1.165, 1.54) is 22.7 Å². The van der Waals surface area contributed by atoms with Crippen LogP contribution in [0.1, 0.15) is 49.4 Å². The van der Waals surface area contributed by atoms with Gasteiger partial charge in [-0.25, -0.2) is 4.98 Å². The van der Waals surface area contributed by atoms with Gasteiger partial charge in [-0.1, -0.05) is 51.1 Å². The van der Waals surface area contributed by atoms with Gasteiger partial charge in [0.15, 0.2) is 0 Å². The largest absolute Gasteiger partial charge is 0.327 e. The van der Waals surface area contributed by atoms with Crippen LogP contribution in [0.25, 0.3) is 0 Å². The molecule has 1 fully saturated rings. The molecule has 0 aliphatic heterocycles. The van der Waals surface area contributed by atoms with Gasteiger partial charge in [-0.3, -0.25) is 0 Å². The van der Waals surface area contributed by atoms with Crippen molar-refractivity contribution in [1.29, 1.82) is 0 Å². The molecule has 0 bridgehead atoms. The molecule has 1 aliphatic carbocycles. The Kier molecular flexibility index (Phi) is 3.89. The van der Waals surface area contributed by atoms with Crippen molar-refractivity contribution in [2.24, 2.45) is 11.7 Å². The van der Waals surface area contributed by atoms with Gasteiger partial charge < -0.3 is 5.73 Å². The number of nitrogens with zero attached hydrogens (tertiary/aromatic N) is 1. The minimum atomic E-state index is 0.130. The second-order valence-electron chi connectivity index (χ2n) is 7.16. The van der Waals surface area contributed by atoms with Crippen LogP contribution in [0, 0.1) is 5.92 Å². The Balaban J connectivity index is 1.61. The molecule has 21 heavy (non-hydrogen) atoms. The number of rotatable bonds is 4. The summed E-state index contributed by atoms with van der Waals surface area (Å²) in [6.45, 7) is 6.62. The van der Waals surface area contributed by atoms with Crippen LogP contribution < -0.4 is 5.73 Å². The van der Waals surface area contributed by atoms with E-state index in [1.54, 1.807) is 11.3 Å². The summed E-state index contributed by atoms with van der Waals surface area (Å²) in [5, 5.41) is 3.37. The van der Waals surface area contributed by atoms with Crippen molar-refractivity contribution in [1.82, 2.24) is 4.98 Å². The number of thiazole rings is 1. The molecule has 3 atom stereocenters. The van der Waals surface area contributed by atoms with E-state index in [0.717, 1.165) is 6.42 Å². The minimum absolute atomic E-state index is 0.130. The molecule has 3 heteroatoms.